The molecule has 5 nitrogen and oxygen atoms in total. The number of phenolic OH excluding ortho intramolecular Hbond substituents is 1. The lowest BCUT2D eigenvalue weighted by molar-refractivity contribution is -0.274. The molecule has 2 atom stereocenters. The second-order valence-electron chi connectivity index (χ2n) is 3.95. The smallest absolute Gasteiger partial charge is 0.508 e. The van der Waals surface area contributed by atoms with Crippen molar-refractivity contribution in [1.82, 2.24) is 0 Å². The molecule has 0 aliphatic carbocycles. The number of halogens is 4. The van der Waals surface area contributed by atoms with Gasteiger partial charge in [-0.15, -0.1) is 13.2 Å². The van der Waals surface area contributed by atoms with Gasteiger partial charge in [0, 0.05) is 5.56 Å². The molecular weight excluding hydrogens is 298 g/mol. The standard InChI is InChI=1S/C12H13F4NO4/c1-2-20-11(19)9(13)10(17)7-5-6(3-4-8(7)18)21-12(14,15)16/h3-5,9-10,18H,2,17H2,1H3/t9?,10-/m0/s1. The van der Waals surface area contributed by atoms with Gasteiger partial charge in [-0.3, -0.25) is 0 Å². The first-order valence-corrected chi connectivity index (χ1v) is 5.80. The molecule has 0 saturated carbocycles. The molecule has 0 heterocycles. The number of esters is 1. The zero-order valence-corrected chi connectivity index (χ0v) is 10.9. The van der Waals surface area contributed by atoms with E-state index in [9.17, 15) is 27.5 Å². The van der Waals surface area contributed by atoms with E-state index >= 15 is 0 Å². The van der Waals surface area contributed by atoms with Crippen molar-refractivity contribution in [3.8, 4) is 11.5 Å². The molecule has 1 aromatic rings. The summed E-state index contributed by atoms with van der Waals surface area (Å²) in [5.41, 5.74) is 5.03. The fourth-order valence-electron chi connectivity index (χ4n) is 1.52. The largest absolute Gasteiger partial charge is 0.573 e. The Morgan fingerprint density at radius 2 is 2.05 bits per heavy atom. The number of benzene rings is 1. The van der Waals surface area contributed by atoms with Gasteiger partial charge in [-0.2, -0.15) is 0 Å². The molecule has 118 valence electrons. The van der Waals surface area contributed by atoms with E-state index in [1.165, 1.54) is 6.92 Å². The van der Waals surface area contributed by atoms with Crippen molar-refractivity contribution in [2.24, 2.45) is 5.73 Å². The normalized spacial score (nSPS) is 14.4. The van der Waals surface area contributed by atoms with Gasteiger partial charge < -0.3 is 20.3 Å². The second kappa shape index (κ2) is 6.61. The minimum Gasteiger partial charge on any atom is -0.508 e. The van der Waals surface area contributed by atoms with Crippen LogP contribution in [0, 0.1) is 0 Å². The number of hydrogen-bond donors (Lipinski definition) is 2. The summed E-state index contributed by atoms with van der Waals surface area (Å²) in [5.74, 6) is -2.53. The van der Waals surface area contributed by atoms with E-state index in [4.69, 9.17) is 5.73 Å². The Morgan fingerprint density at radius 1 is 1.43 bits per heavy atom. The minimum atomic E-state index is -4.95. The highest BCUT2D eigenvalue weighted by molar-refractivity contribution is 5.76. The van der Waals surface area contributed by atoms with Crippen molar-refractivity contribution in [1.29, 1.82) is 0 Å². The lowest BCUT2D eigenvalue weighted by atomic mass is 10.0. The van der Waals surface area contributed by atoms with Crippen LogP contribution >= 0.6 is 0 Å². The maximum Gasteiger partial charge on any atom is 0.573 e. The highest BCUT2D eigenvalue weighted by Gasteiger charge is 2.33. The Morgan fingerprint density at radius 3 is 2.57 bits per heavy atom. The summed E-state index contributed by atoms with van der Waals surface area (Å²) >= 11 is 0. The van der Waals surface area contributed by atoms with Crippen LogP contribution in [0.5, 0.6) is 11.5 Å². The van der Waals surface area contributed by atoms with E-state index in [1.807, 2.05) is 0 Å². The first-order valence-electron chi connectivity index (χ1n) is 5.80. The number of alkyl halides is 4. The molecule has 3 N–H and O–H groups in total. The highest BCUT2D eigenvalue weighted by atomic mass is 19.4. The van der Waals surface area contributed by atoms with Gasteiger partial charge in [0.1, 0.15) is 11.5 Å². The Hall–Kier alpha value is -2.03. The van der Waals surface area contributed by atoms with E-state index in [1.54, 1.807) is 0 Å². The van der Waals surface area contributed by atoms with Crippen LogP contribution in [0.4, 0.5) is 17.6 Å². The first-order chi connectivity index (χ1) is 9.65. The van der Waals surface area contributed by atoms with Crippen LogP contribution in [-0.4, -0.2) is 30.2 Å². The number of hydrogen-bond acceptors (Lipinski definition) is 5. The van der Waals surface area contributed by atoms with Crippen LogP contribution in [0.1, 0.15) is 18.5 Å². The average Bonchev–Trinajstić information content (AvgIpc) is 2.38. The van der Waals surface area contributed by atoms with Gasteiger partial charge in [0.25, 0.3) is 0 Å². The lowest BCUT2D eigenvalue weighted by Crippen LogP contribution is -2.31. The van der Waals surface area contributed by atoms with Crippen molar-refractivity contribution in [2.75, 3.05) is 6.61 Å². The third-order valence-electron chi connectivity index (χ3n) is 2.42. The molecule has 0 aliphatic heterocycles. The average molecular weight is 311 g/mol. The molecule has 1 unspecified atom stereocenters. The Kier molecular flexibility index (Phi) is 5.36. The van der Waals surface area contributed by atoms with Crippen molar-refractivity contribution in [2.45, 2.75) is 25.5 Å². The summed E-state index contributed by atoms with van der Waals surface area (Å²) in [5, 5.41) is 9.53. The first kappa shape index (κ1) is 17.0. The number of ether oxygens (including phenoxy) is 2. The number of carbonyl (C=O) groups is 1. The van der Waals surface area contributed by atoms with Crippen molar-refractivity contribution in [3.05, 3.63) is 23.8 Å². The van der Waals surface area contributed by atoms with Gasteiger partial charge in [-0.25, -0.2) is 9.18 Å². The summed E-state index contributed by atoms with van der Waals surface area (Å²) < 4.78 is 58.1. The number of aromatic hydroxyl groups is 1. The minimum absolute atomic E-state index is 0.0881. The van der Waals surface area contributed by atoms with Gasteiger partial charge in [-0.05, 0) is 25.1 Å². The molecule has 1 aromatic carbocycles. The quantitative estimate of drug-likeness (QED) is 0.643. The zero-order chi connectivity index (χ0) is 16.2. The fourth-order valence-corrected chi connectivity index (χ4v) is 1.52. The van der Waals surface area contributed by atoms with Gasteiger partial charge in [0.15, 0.2) is 0 Å². The van der Waals surface area contributed by atoms with E-state index in [0.717, 1.165) is 12.1 Å². The molecule has 0 aromatic heterocycles. The Balaban J connectivity index is 3.00. The predicted octanol–water partition coefficient (Wildman–Crippen LogP) is 2.19. The van der Waals surface area contributed by atoms with Crippen LogP contribution in [0.25, 0.3) is 0 Å². The molecule has 1 rings (SSSR count). The molecule has 0 amide bonds. The number of nitrogens with two attached hydrogens (primary N) is 1. The van der Waals surface area contributed by atoms with Crippen molar-refractivity contribution in [3.63, 3.8) is 0 Å². The zero-order valence-electron chi connectivity index (χ0n) is 10.9. The topological polar surface area (TPSA) is 81.8 Å². The third-order valence-corrected chi connectivity index (χ3v) is 2.42. The maximum atomic E-state index is 13.7. The molecule has 0 fully saturated rings. The second-order valence-corrected chi connectivity index (χ2v) is 3.95. The number of phenols is 1. The lowest BCUT2D eigenvalue weighted by Gasteiger charge is -2.18. The molecule has 0 spiro atoms. The Labute approximate surface area is 117 Å². The molecular formula is C12H13F4NO4. The van der Waals surface area contributed by atoms with Gasteiger partial charge >= 0.3 is 12.3 Å². The fraction of sp³-hybridized carbons (Fsp3) is 0.417. The van der Waals surface area contributed by atoms with Crippen LogP contribution in [0.15, 0.2) is 18.2 Å². The van der Waals surface area contributed by atoms with Crippen LogP contribution in [-0.2, 0) is 9.53 Å². The van der Waals surface area contributed by atoms with E-state index in [0.29, 0.717) is 6.07 Å². The van der Waals surface area contributed by atoms with Crippen molar-refractivity contribution < 1.29 is 36.9 Å². The molecule has 0 bridgehead atoms. The molecule has 0 radical (unpaired) electrons. The van der Waals surface area contributed by atoms with Crippen LogP contribution < -0.4 is 10.5 Å². The number of rotatable bonds is 5. The molecule has 9 heteroatoms. The summed E-state index contributed by atoms with van der Waals surface area (Å²) in [7, 11) is 0. The summed E-state index contributed by atoms with van der Waals surface area (Å²) in [6, 6.07) is 0.699. The third kappa shape index (κ3) is 4.78. The van der Waals surface area contributed by atoms with E-state index in [-0.39, 0.29) is 6.61 Å². The van der Waals surface area contributed by atoms with Gasteiger partial charge in [-0.1, -0.05) is 0 Å². The monoisotopic (exact) mass is 311 g/mol. The Bertz CT molecular complexity index is 507. The van der Waals surface area contributed by atoms with E-state index < -0.39 is 41.6 Å². The molecule has 21 heavy (non-hydrogen) atoms. The summed E-state index contributed by atoms with van der Waals surface area (Å²) in [6.07, 6.45) is -7.29. The molecule has 0 aliphatic rings. The summed E-state index contributed by atoms with van der Waals surface area (Å²) in [6.45, 7) is 1.36. The van der Waals surface area contributed by atoms with Crippen LogP contribution in [0.3, 0.4) is 0 Å². The van der Waals surface area contributed by atoms with Gasteiger partial charge in [0.05, 0.1) is 12.6 Å². The predicted molar refractivity (Wildman–Crippen MR) is 63.2 cm³/mol. The van der Waals surface area contributed by atoms with Crippen molar-refractivity contribution >= 4 is 5.97 Å². The van der Waals surface area contributed by atoms with E-state index in [2.05, 4.69) is 9.47 Å². The van der Waals surface area contributed by atoms with Crippen LogP contribution in [0.2, 0.25) is 0 Å². The number of carbonyl (C=O) groups excluding carboxylic acids is 1. The SMILES string of the molecule is CCOC(=O)C(F)[C@@H](N)c1cc(OC(F)(F)F)ccc1O. The summed E-state index contributed by atoms with van der Waals surface area (Å²) in [4.78, 5) is 11.2. The molecule has 0 saturated heterocycles. The van der Waals surface area contributed by atoms with Gasteiger partial charge in [0.2, 0.25) is 6.17 Å². The maximum absolute atomic E-state index is 13.7. The highest BCUT2D eigenvalue weighted by Crippen LogP contribution is 2.32.